The van der Waals surface area contributed by atoms with Gasteiger partial charge >= 0.3 is 0 Å². The number of ether oxygens (including phenoxy) is 1. The molecule has 0 spiro atoms. The van der Waals surface area contributed by atoms with Crippen molar-refractivity contribution < 1.29 is 9.53 Å². The van der Waals surface area contributed by atoms with Crippen molar-refractivity contribution in [1.29, 1.82) is 0 Å². The fourth-order valence-corrected chi connectivity index (χ4v) is 4.34. The van der Waals surface area contributed by atoms with Crippen LogP contribution in [0.4, 0.5) is 0 Å². The largest absolute Gasteiger partial charge is 0.497 e. The van der Waals surface area contributed by atoms with Crippen LogP contribution in [0.2, 0.25) is 0 Å². The number of carbonyl (C=O) groups excluding carboxylic acids is 1. The predicted octanol–water partition coefficient (Wildman–Crippen LogP) is 3.64. The zero-order chi connectivity index (χ0) is 18.6. The highest BCUT2D eigenvalue weighted by molar-refractivity contribution is 5.76. The van der Waals surface area contributed by atoms with E-state index < -0.39 is 0 Å². The maximum absolute atomic E-state index is 12.6. The van der Waals surface area contributed by atoms with Crippen molar-refractivity contribution in [1.82, 2.24) is 10.2 Å². The van der Waals surface area contributed by atoms with Gasteiger partial charge in [-0.15, -0.1) is 0 Å². The van der Waals surface area contributed by atoms with Crippen LogP contribution in [-0.4, -0.2) is 31.0 Å². The van der Waals surface area contributed by atoms with E-state index in [1.165, 1.54) is 22.3 Å². The molecule has 2 aromatic carbocycles. The predicted molar refractivity (Wildman–Crippen MR) is 107 cm³/mol. The average molecular weight is 364 g/mol. The SMILES string of the molecule is COc1ccc2c(c1)CN(CCC(=O)NC1CCCc3ccccc31)CC2. The van der Waals surface area contributed by atoms with Gasteiger partial charge < -0.3 is 10.1 Å². The van der Waals surface area contributed by atoms with Crippen LogP contribution in [0.3, 0.4) is 0 Å². The van der Waals surface area contributed by atoms with Crippen LogP contribution in [0, 0.1) is 0 Å². The van der Waals surface area contributed by atoms with Crippen molar-refractivity contribution in [2.45, 2.75) is 44.7 Å². The molecule has 1 heterocycles. The molecule has 0 saturated heterocycles. The third-order valence-corrected chi connectivity index (χ3v) is 5.86. The highest BCUT2D eigenvalue weighted by atomic mass is 16.5. The minimum absolute atomic E-state index is 0.160. The van der Waals surface area contributed by atoms with Crippen molar-refractivity contribution in [3.05, 3.63) is 64.7 Å². The van der Waals surface area contributed by atoms with Crippen LogP contribution in [-0.2, 0) is 24.2 Å². The van der Waals surface area contributed by atoms with Crippen LogP contribution in [0.5, 0.6) is 5.75 Å². The molecule has 0 aromatic heterocycles. The molecule has 0 bridgehead atoms. The zero-order valence-electron chi connectivity index (χ0n) is 16.0. The number of aryl methyl sites for hydroxylation is 1. The number of hydrogen-bond donors (Lipinski definition) is 1. The third kappa shape index (κ3) is 4.16. The maximum atomic E-state index is 12.6. The Morgan fingerprint density at radius 3 is 2.93 bits per heavy atom. The molecule has 1 aliphatic carbocycles. The number of fused-ring (bicyclic) bond motifs is 2. The highest BCUT2D eigenvalue weighted by Crippen LogP contribution is 2.29. The van der Waals surface area contributed by atoms with Gasteiger partial charge in [-0.3, -0.25) is 9.69 Å². The van der Waals surface area contributed by atoms with Gasteiger partial charge in [-0.25, -0.2) is 0 Å². The third-order valence-electron chi connectivity index (χ3n) is 5.86. The lowest BCUT2D eigenvalue weighted by atomic mass is 9.87. The molecule has 1 N–H and O–H groups in total. The van der Waals surface area contributed by atoms with Crippen molar-refractivity contribution in [3.8, 4) is 5.75 Å². The van der Waals surface area contributed by atoms with E-state index in [2.05, 4.69) is 46.6 Å². The molecule has 4 rings (SSSR count). The van der Waals surface area contributed by atoms with Gasteiger partial charge in [-0.1, -0.05) is 30.3 Å². The molecule has 2 aliphatic rings. The summed E-state index contributed by atoms with van der Waals surface area (Å²) >= 11 is 0. The molecule has 27 heavy (non-hydrogen) atoms. The van der Waals surface area contributed by atoms with Crippen molar-refractivity contribution in [2.75, 3.05) is 20.2 Å². The number of amides is 1. The standard InChI is InChI=1S/C23H28N2O2/c1-27-20-10-9-17-11-13-25(16-19(17)15-20)14-12-23(26)24-22-8-4-6-18-5-2-3-7-21(18)22/h2-3,5,7,9-10,15,22H,4,6,8,11-14,16H2,1H3,(H,24,26). The first kappa shape index (κ1) is 18.1. The number of nitrogens with one attached hydrogen (secondary N) is 1. The summed E-state index contributed by atoms with van der Waals surface area (Å²) < 4.78 is 5.34. The van der Waals surface area contributed by atoms with Crippen molar-refractivity contribution in [3.63, 3.8) is 0 Å². The van der Waals surface area contributed by atoms with E-state index >= 15 is 0 Å². The fourth-order valence-electron chi connectivity index (χ4n) is 4.34. The summed E-state index contributed by atoms with van der Waals surface area (Å²) in [6.45, 7) is 2.71. The van der Waals surface area contributed by atoms with E-state index in [0.29, 0.717) is 6.42 Å². The number of methoxy groups -OCH3 is 1. The summed E-state index contributed by atoms with van der Waals surface area (Å²) in [5.41, 5.74) is 5.41. The second-order valence-electron chi connectivity index (χ2n) is 7.62. The first-order valence-corrected chi connectivity index (χ1v) is 9.98. The van der Waals surface area contributed by atoms with Gasteiger partial charge in [0.25, 0.3) is 0 Å². The van der Waals surface area contributed by atoms with E-state index in [0.717, 1.165) is 51.1 Å². The maximum Gasteiger partial charge on any atom is 0.221 e. The Bertz CT molecular complexity index is 818. The fraction of sp³-hybridized carbons (Fsp3) is 0.435. The zero-order valence-corrected chi connectivity index (χ0v) is 16.0. The first-order chi connectivity index (χ1) is 13.2. The molecule has 2 aromatic rings. The number of rotatable bonds is 5. The second kappa shape index (κ2) is 8.13. The lowest BCUT2D eigenvalue weighted by Gasteiger charge is -2.30. The van der Waals surface area contributed by atoms with Crippen LogP contribution in [0.25, 0.3) is 0 Å². The average Bonchev–Trinajstić information content (AvgIpc) is 2.72. The Morgan fingerprint density at radius 1 is 1.15 bits per heavy atom. The van der Waals surface area contributed by atoms with Crippen LogP contribution in [0.15, 0.2) is 42.5 Å². The summed E-state index contributed by atoms with van der Waals surface area (Å²) in [6, 6.07) is 15.0. The van der Waals surface area contributed by atoms with Gasteiger partial charge in [-0.05, 0) is 60.1 Å². The Balaban J connectivity index is 1.31. The smallest absolute Gasteiger partial charge is 0.221 e. The van der Waals surface area contributed by atoms with E-state index in [9.17, 15) is 4.79 Å². The van der Waals surface area contributed by atoms with E-state index in [1.54, 1.807) is 7.11 Å². The molecule has 0 saturated carbocycles. The molecule has 142 valence electrons. The minimum Gasteiger partial charge on any atom is -0.497 e. The Hall–Kier alpha value is -2.33. The molecule has 1 amide bonds. The van der Waals surface area contributed by atoms with E-state index in [4.69, 9.17) is 4.74 Å². The van der Waals surface area contributed by atoms with Crippen LogP contribution < -0.4 is 10.1 Å². The molecule has 4 nitrogen and oxygen atoms in total. The van der Waals surface area contributed by atoms with Gasteiger partial charge in [-0.2, -0.15) is 0 Å². The summed E-state index contributed by atoms with van der Waals surface area (Å²) in [4.78, 5) is 14.9. The molecule has 0 radical (unpaired) electrons. The van der Waals surface area contributed by atoms with Crippen molar-refractivity contribution in [2.24, 2.45) is 0 Å². The van der Waals surface area contributed by atoms with Gasteiger partial charge in [0.15, 0.2) is 0 Å². The van der Waals surface area contributed by atoms with Crippen LogP contribution >= 0.6 is 0 Å². The molecule has 1 atom stereocenters. The quantitative estimate of drug-likeness (QED) is 0.881. The Labute approximate surface area is 161 Å². The van der Waals surface area contributed by atoms with Crippen LogP contribution in [0.1, 0.15) is 47.6 Å². The number of nitrogens with zero attached hydrogens (tertiary/aromatic N) is 1. The molecular weight excluding hydrogens is 336 g/mol. The lowest BCUT2D eigenvalue weighted by molar-refractivity contribution is -0.122. The summed E-state index contributed by atoms with van der Waals surface area (Å²) in [5.74, 6) is 1.07. The molecule has 1 aliphatic heterocycles. The second-order valence-corrected chi connectivity index (χ2v) is 7.62. The normalized spacial score (nSPS) is 19.1. The van der Waals surface area contributed by atoms with E-state index in [-0.39, 0.29) is 11.9 Å². The summed E-state index contributed by atoms with van der Waals surface area (Å²) in [7, 11) is 1.70. The molecule has 4 heteroatoms. The van der Waals surface area contributed by atoms with Crippen molar-refractivity contribution >= 4 is 5.91 Å². The highest BCUT2D eigenvalue weighted by Gasteiger charge is 2.22. The summed E-state index contributed by atoms with van der Waals surface area (Å²) in [6.07, 6.45) is 4.90. The monoisotopic (exact) mass is 364 g/mol. The first-order valence-electron chi connectivity index (χ1n) is 9.98. The molecular formula is C23H28N2O2. The van der Waals surface area contributed by atoms with E-state index in [1.807, 2.05) is 6.07 Å². The van der Waals surface area contributed by atoms with Gasteiger partial charge in [0, 0.05) is 26.1 Å². The number of carbonyl (C=O) groups is 1. The van der Waals surface area contributed by atoms with Gasteiger partial charge in [0.2, 0.25) is 5.91 Å². The molecule has 0 fully saturated rings. The Kier molecular flexibility index (Phi) is 5.44. The van der Waals surface area contributed by atoms with Gasteiger partial charge in [0.05, 0.1) is 13.2 Å². The summed E-state index contributed by atoms with van der Waals surface area (Å²) in [5, 5.41) is 3.27. The minimum atomic E-state index is 0.160. The topological polar surface area (TPSA) is 41.6 Å². The number of hydrogen-bond acceptors (Lipinski definition) is 3. The molecule has 1 unspecified atom stereocenters. The lowest BCUT2D eigenvalue weighted by Crippen LogP contribution is -2.36. The van der Waals surface area contributed by atoms with Gasteiger partial charge in [0.1, 0.15) is 5.75 Å². The Morgan fingerprint density at radius 2 is 2.04 bits per heavy atom. The number of benzene rings is 2.